The molecule has 0 radical (unpaired) electrons. The predicted octanol–water partition coefficient (Wildman–Crippen LogP) is 4.00. The topological polar surface area (TPSA) is 56.1 Å². The Morgan fingerprint density at radius 1 is 1.30 bits per heavy atom. The first kappa shape index (κ1) is 16.5. The molecule has 138 valence electrons. The number of carbonyl (C=O) groups is 1. The summed E-state index contributed by atoms with van der Waals surface area (Å²) in [6.07, 6.45) is 0.624. The van der Waals surface area contributed by atoms with Crippen molar-refractivity contribution in [3.05, 3.63) is 58.4 Å². The standard InChI is InChI=1S/C19H14ClF2N3O2/c20-10-4-5-11-13(7-10)25-14-8-12(18(25)24-11)23-16(26)6-9-2-1-3-15(17(9)14)27-19(21)22/h1-5,7,12,14,19H,6,8H2,(H,23,26)/t12-,14-/m1/s1. The zero-order valence-electron chi connectivity index (χ0n) is 14.0. The molecule has 3 aromatic rings. The Labute approximate surface area is 157 Å². The van der Waals surface area contributed by atoms with Crippen LogP contribution in [0.4, 0.5) is 8.78 Å². The lowest BCUT2D eigenvalue weighted by Gasteiger charge is -2.24. The number of nitrogens with one attached hydrogen (secondary N) is 1. The molecule has 27 heavy (non-hydrogen) atoms. The van der Waals surface area contributed by atoms with Crippen LogP contribution in [-0.2, 0) is 11.2 Å². The number of fused-ring (bicyclic) bond motifs is 9. The molecule has 1 amide bonds. The maximum absolute atomic E-state index is 13.0. The molecule has 2 aliphatic heterocycles. The quantitative estimate of drug-likeness (QED) is 0.720. The van der Waals surface area contributed by atoms with E-state index >= 15 is 0 Å². The maximum atomic E-state index is 13.0. The van der Waals surface area contributed by atoms with Crippen LogP contribution in [-0.4, -0.2) is 22.1 Å². The van der Waals surface area contributed by atoms with Gasteiger partial charge in [-0.25, -0.2) is 4.98 Å². The minimum Gasteiger partial charge on any atom is -0.434 e. The third kappa shape index (κ3) is 2.56. The lowest BCUT2D eigenvalue weighted by atomic mass is 9.92. The molecule has 3 heterocycles. The molecule has 0 aliphatic carbocycles. The van der Waals surface area contributed by atoms with Gasteiger partial charge in [-0.2, -0.15) is 8.78 Å². The van der Waals surface area contributed by atoms with E-state index in [0.29, 0.717) is 28.4 Å². The van der Waals surface area contributed by atoms with Crippen LogP contribution >= 0.6 is 11.6 Å². The summed E-state index contributed by atoms with van der Waals surface area (Å²) in [5.41, 5.74) is 2.83. The number of amides is 1. The van der Waals surface area contributed by atoms with Crippen LogP contribution in [0.5, 0.6) is 5.75 Å². The van der Waals surface area contributed by atoms with Crippen molar-refractivity contribution in [3.63, 3.8) is 0 Å². The van der Waals surface area contributed by atoms with Crippen LogP contribution in [0.15, 0.2) is 36.4 Å². The summed E-state index contributed by atoms with van der Waals surface area (Å²) in [5.74, 6) is 0.621. The zero-order chi connectivity index (χ0) is 18.7. The Kier molecular flexibility index (Phi) is 3.62. The first-order valence-corrected chi connectivity index (χ1v) is 8.92. The van der Waals surface area contributed by atoms with Gasteiger partial charge in [0, 0.05) is 10.6 Å². The van der Waals surface area contributed by atoms with Crippen molar-refractivity contribution in [1.29, 1.82) is 0 Å². The van der Waals surface area contributed by atoms with Crippen LogP contribution in [0.25, 0.3) is 11.0 Å². The van der Waals surface area contributed by atoms with E-state index in [1.54, 1.807) is 24.3 Å². The van der Waals surface area contributed by atoms with E-state index in [-0.39, 0.29) is 30.2 Å². The fraction of sp³-hybridized carbons (Fsp3) is 0.263. The molecular weight excluding hydrogens is 376 g/mol. The number of aromatic nitrogens is 2. The largest absolute Gasteiger partial charge is 0.434 e. The van der Waals surface area contributed by atoms with Crippen LogP contribution < -0.4 is 10.1 Å². The van der Waals surface area contributed by atoms with Crippen molar-refractivity contribution in [2.24, 2.45) is 0 Å². The molecule has 5 nitrogen and oxygen atoms in total. The van der Waals surface area contributed by atoms with Crippen molar-refractivity contribution in [2.45, 2.75) is 31.5 Å². The number of alkyl halides is 2. The summed E-state index contributed by atoms with van der Waals surface area (Å²) < 4.78 is 32.8. The number of benzene rings is 2. The van der Waals surface area contributed by atoms with Gasteiger partial charge in [-0.05, 0) is 36.2 Å². The smallest absolute Gasteiger partial charge is 0.387 e. The number of ether oxygens (including phenoxy) is 1. The Morgan fingerprint density at radius 3 is 2.96 bits per heavy atom. The average Bonchev–Trinajstić information content (AvgIpc) is 3.12. The average molecular weight is 390 g/mol. The molecule has 1 aromatic heterocycles. The number of carbonyl (C=O) groups excluding carboxylic acids is 1. The highest BCUT2D eigenvalue weighted by molar-refractivity contribution is 6.31. The van der Waals surface area contributed by atoms with Gasteiger partial charge in [-0.15, -0.1) is 0 Å². The molecule has 2 bridgehead atoms. The van der Waals surface area contributed by atoms with Gasteiger partial charge in [0.1, 0.15) is 11.6 Å². The lowest BCUT2D eigenvalue weighted by molar-refractivity contribution is -0.121. The van der Waals surface area contributed by atoms with Gasteiger partial charge < -0.3 is 14.6 Å². The van der Waals surface area contributed by atoms with E-state index in [9.17, 15) is 13.6 Å². The van der Waals surface area contributed by atoms with Gasteiger partial charge in [0.15, 0.2) is 0 Å². The molecule has 0 fully saturated rings. The summed E-state index contributed by atoms with van der Waals surface area (Å²) in [7, 11) is 0. The van der Waals surface area contributed by atoms with Crippen molar-refractivity contribution in [2.75, 3.05) is 0 Å². The minimum atomic E-state index is -2.94. The molecule has 0 unspecified atom stereocenters. The highest BCUT2D eigenvalue weighted by Crippen LogP contribution is 2.46. The Balaban J connectivity index is 1.79. The molecule has 8 heteroatoms. The molecule has 5 rings (SSSR count). The zero-order valence-corrected chi connectivity index (χ0v) is 14.7. The van der Waals surface area contributed by atoms with Crippen LogP contribution in [0.3, 0.4) is 0 Å². The molecule has 1 N–H and O–H groups in total. The summed E-state index contributed by atoms with van der Waals surface area (Å²) in [6.45, 7) is -2.94. The molecule has 2 aliphatic rings. The fourth-order valence-electron chi connectivity index (χ4n) is 4.20. The first-order chi connectivity index (χ1) is 13.0. The first-order valence-electron chi connectivity index (χ1n) is 8.54. The second-order valence-corrected chi connectivity index (χ2v) is 7.17. The molecule has 2 aromatic carbocycles. The van der Waals surface area contributed by atoms with Gasteiger partial charge in [-0.1, -0.05) is 23.7 Å². The summed E-state index contributed by atoms with van der Waals surface area (Å²) in [5, 5.41) is 3.56. The Morgan fingerprint density at radius 2 is 2.15 bits per heavy atom. The highest BCUT2D eigenvalue weighted by atomic mass is 35.5. The molecule has 0 saturated carbocycles. The molecule has 0 saturated heterocycles. The van der Waals surface area contributed by atoms with E-state index in [1.165, 1.54) is 6.07 Å². The number of hydrogen-bond donors (Lipinski definition) is 1. The van der Waals surface area contributed by atoms with Gasteiger partial charge in [-0.3, -0.25) is 4.79 Å². The van der Waals surface area contributed by atoms with Gasteiger partial charge in [0.05, 0.1) is 29.5 Å². The predicted molar refractivity (Wildman–Crippen MR) is 95.2 cm³/mol. The van der Waals surface area contributed by atoms with Crippen molar-refractivity contribution < 1.29 is 18.3 Å². The van der Waals surface area contributed by atoms with Crippen LogP contribution in [0.2, 0.25) is 5.02 Å². The summed E-state index contributed by atoms with van der Waals surface area (Å²) in [4.78, 5) is 17.1. The number of imidazole rings is 1. The Bertz CT molecular complexity index is 1080. The number of nitrogens with zero attached hydrogens (tertiary/aromatic N) is 2. The van der Waals surface area contributed by atoms with Crippen LogP contribution in [0.1, 0.15) is 35.5 Å². The van der Waals surface area contributed by atoms with E-state index in [0.717, 1.165) is 11.0 Å². The number of hydrogen-bond acceptors (Lipinski definition) is 3. The Hall–Kier alpha value is -2.67. The monoisotopic (exact) mass is 389 g/mol. The van der Waals surface area contributed by atoms with Crippen LogP contribution in [0, 0.1) is 0 Å². The minimum absolute atomic E-state index is 0.0951. The normalized spacial score (nSPS) is 20.8. The molecular formula is C19H14ClF2N3O2. The van der Waals surface area contributed by atoms with E-state index in [1.807, 2.05) is 10.6 Å². The maximum Gasteiger partial charge on any atom is 0.387 e. The van der Waals surface area contributed by atoms with E-state index in [4.69, 9.17) is 16.3 Å². The summed E-state index contributed by atoms with van der Waals surface area (Å²) >= 11 is 6.17. The molecule has 2 atom stereocenters. The number of halogens is 3. The fourth-order valence-corrected chi connectivity index (χ4v) is 4.37. The van der Waals surface area contributed by atoms with E-state index < -0.39 is 6.61 Å². The second kappa shape index (κ2) is 5.92. The third-order valence-corrected chi connectivity index (χ3v) is 5.39. The summed E-state index contributed by atoms with van der Waals surface area (Å²) in [6, 6.07) is 9.72. The van der Waals surface area contributed by atoms with Gasteiger partial charge >= 0.3 is 6.61 Å². The highest BCUT2D eigenvalue weighted by Gasteiger charge is 2.40. The van der Waals surface area contributed by atoms with E-state index in [2.05, 4.69) is 10.3 Å². The number of rotatable bonds is 2. The lowest BCUT2D eigenvalue weighted by Crippen LogP contribution is -2.31. The van der Waals surface area contributed by atoms with Crippen molar-refractivity contribution in [1.82, 2.24) is 14.9 Å². The van der Waals surface area contributed by atoms with Crippen molar-refractivity contribution in [3.8, 4) is 5.75 Å². The van der Waals surface area contributed by atoms with Crippen molar-refractivity contribution >= 4 is 28.5 Å². The second-order valence-electron chi connectivity index (χ2n) is 6.73. The van der Waals surface area contributed by atoms with Gasteiger partial charge in [0.2, 0.25) is 5.91 Å². The SMILES string of the molecule is O=C1Cc2cccc(OC(F)F)c2[C@H]2C[C@@H](N1)c1nc3ccc(Cl)cc3n12. The van der Waals surface area contributed by atoms with Gasteiger partial charge in [0.25, 0.3) is 0 Å². The third-order valence-electron chi connectivity index (χ3n) is 5.15. The molecule has 0 spiro atoms.